The van der Waals surface area contributed by atoms with Crippen LogP contribution < -0.4 is 15.5 Å². The molecule has 0 radical (unpaired) electrons. The highest BCUT2D eigenvalue weighted by Crippen LogP contribution is 2.24. The van der Waals surface area contributed by atoms with Crippen LogP contribution in [0.25, 0.3) is 0 Å². The van der Waals surface area contributed by atoms with Crippen LogP contribution in [0.3, 0.4) is 0 Å². The molecule has 5 nitrogen and oxygen atoms in total. The Labute approximate surface area is 144 Å². The molecule has 1 saturated heterocycles. The Kier molecular flexibility index (Phi) is 5.18. The molecule has 0 saturated carbocycles. The van der Waals surface area contributed by atoms with Gasteiger partial charge in [-0.15, -0.1) is 0 Å². The molecule has 2 heterocycles. The standard InChI is InChI=1S/C19H27N5/c1-14(2)13-20-19-21-15(3)12-18(23-19)22-16-6-8-17(9-7-16)24-10-4-5-11-24/h6-9,12,14H,4-5,10-11,13H2,1-3H3,(H2,20,21,22,23). The number of aryl methyl sites for hydroxylation is 1. The van der Waals surface area contributed by atoms with Crippen molar-refractivity contribution in [2.45, 2.75) is 33.6 Å². The summed E-state index contributed by atoms with van der Waals surface area (Å²) in [5.74, 6) is 2.06. The zero-order valence-corrected chi connectivity index (χ0v) is 14.8. The monoisotopic (exact) mass is 325 g/mol. The van der Waals surface area contributed by atoms with Crippen molar-refractivity contribution >= 4 is 23.1 Å². The molecule has 0 unspecified atom stereocenters. The maximum Gasteiger partial charge on any atom is 0.224 e. The van der Waals surface area contributed by atoms with E-state index in [1.165, 1.54) is 31.6 Å². The minimum Gasteiger partial charge on any atom is -0.372 e. The first-order valence-electron chi connectivity index (χ1n) is 8.82. The lowest BCUT2D eigenvalue weighted by atomic mass is 10.2. The Hall–Kier alpha value is -2.30. The molecule has 2 N–H and O–H groups in total. The molecule has 0 bridgehead atoms. The molecule has 1 fully saturated rings. The van der Waals surface area contributed by atoms with Crippen LogP contribution in [0, 0.1) is 12.8 Å². The van der Waals surface area contributed by atoms with E-state index in [9.17, 15) is 0 Å². The van der Waals surface area contributed by atoms with Crippen LogP contribution in [0.1, 0.15) is 32.4 Å². The van der Waals surface area contributed by atoms with Crippen LogP contribution in [0.2, 0.25) is 0 Å². The number of hydrogen-bond acceptors (Lipinski definition) is 5. The van der Waals surface area contributed by atoms with Gasteiger partial charge >= 0.3 is 0 Å². The number of aromatic nitrogens is 2. The van der Waals surface area contributed by atoms with Crippen LogP contribution >= 0.6 is 0 Å². The van der Waals surface area contributed by atoms with Crippen LogP contribution in [-0.4, -0.2) is 29.6 Å². The highest BCUT2D eigenvalue weighted by atomic mass is 15.2. The molecule has 128 valence electrons. The molecule has 0 spiro atoms. The second-order valence-electron chi connectivity index (χ2n) is 6.86. The Morgan fingerprint density at radius 2 is 1.79 bits per heavy atom. The molecular weight excluding hydrogens is 298 g/mol. The Bertz CT molecular complexity index is 660. The number of anilines is 4. The van der Waals surface area contributed by atoms with Crippen molar-refractivity contribution in [2.75, 3.05) is 35.2 Å². The van der Waals surface area contributed by atoms with Gasteiger partial charge in [-0.1, -0.05) is 13.8 Å². The quantitative estimate of drug-likeness (QED) is 0.834. The highest BCUT2D eigenvalue weighted by molar-refractivity contribution is 5.61. The summed E-state index contributed by atoms with van der Waals surface area (Å²) in [7, 11) is 0. The van der Waals surface area contributed by atoms with Gasteiger partial charge < -0.3 is 15.5 Å². The van der Waals surface area contributed by atoms with Gasteiger partial charge in [-0.25, -0.2) is 4.98 Å². The van der Waals surface area contributed by atoms with Crippen molar-refractivity contribution in [3.63, 3.8) is 0 Å². The Morgan fingerprint density at radius 3 is 2.46 bits per heavy atom. The molecule has 1 aliphatic rings. The Balaban J connectivity index is 1.68. The average molecular weight is 325 g/mol. The molecular formula is C19H27N5. The van der Waals surface area contributed by atoms with Crippen LogP contribution in [0.4, 0.5) is 23.1 Å². The minimum absolute atomic E-state index is 0.559. The summed E-state index contributed by atoms with van der Waals surface area (Å²) in [4.78, 5) is 11.4. The highest BCUT2D eigenvalue weighted by Gasteiger charge is 2.12. The molecule has 1 aromatic heterocycles. The minimum atomic E-state index is 0.559. The van der Waals surface area contributed by atoms with Gasteiger partial charge in [-0.2, -0.15) is 4.98 Å². The van der Waals surface area contributed by atoms with Gasteiger partial charge in [0.15, 0.2) is 0 Å². The van der Waals surface area contributed by atoms with Gasteiger partial charge in [0.25, 0.3) is 0 Å². The van der Waals surface area contributed by atoms with E-state index in [4.69, 9.17) is 0 Å². The van der Waals surface area contributed by atoms with Gasteiger partial charge in [0, 0.05) is 42.8 Å². The summed E-state index contributed by atoms with van der Waals surface area (Å²) in [6.45, 7) is 9.54. The maximum atomic E-state index is 4.56. The summed E-state index contributed by atoms with van der Waals surface area (Å²) in [5.41, 5.74) is 3.30. The fourth-order valence-corrected chi connectivity index (χ4v) is 2.89. The number of hydrogen-bond donors (Lipinski definition) is 2. The third kappa shape index (κ3) is 4.37. The first kappa shape index (κ1) is 16.6. The Morgan fingerprint density at radius 1 is 1.08 bits per heavy atom. The number of benzene rings is 1. The number of rotatable bonds is 6. The predicted molar refractivity (Wildman–Crippen MR) is 101 cm³/mol. The predicted octanol–water partition coefficient (Wildman–Crippen LogP) is 4.20. The SMILES string of the molecule is Cc1cc(Nc2ccc(N3CCCC3)cc2)nc(NCC(C)C)n1. The maximum absolute atomic E-state index is 4.56. The lowest BCUT2D eigenvalue weighted by Gasteiger charge is -2.18. The van der Waals surface area contributed by atoms with Gasteiger partial charge in [0.1, 0.15) is 5.82 Å². The van der Waals surface area contributed by atoms with Crippen molar-refractivity contribution in [1.82, 2.24) is 9.97 Å². The zero-order valence-electron chi connectivity index (χ0n) is 14.8. The largest absolute Gasteiger partial charge is 0.372 e. The van der Waals surface area contributed by atoms with E-state index < -0.39 is 0 Å². The summed E-state index contributed by atoms with van der Waals surface area (Å²) < 4.78 is 0. The molecule has 0 amide bonds. The first-order chi connectivity index (χ1) is 11.6. The van der Waals surface area contributed by atoms with Crippen LogP contribution in [0.5, 0.6) is 0 Å². The molecule has 1 aliphatic heterocycles. The number of nitrogens with one attached hydrogen (secondary N) is 2. The summed E-state index contributed by atoms with van der Waals surface area (Å²) >= 11 is 0. The topological polar surface area (TPSA) is 53.1 Å². The van der Waals surface area contributed by atoms with E-state index in [-0.39, 0.29) is 0 Å². The van der Waals surface area contributed by atoms with Gasteiger partial charge in [-0.3, -0.25) is 0 Å². The molecule has 5 heteroatoms. The number of nitrogens with zero attached hydrogens (tertiary/aromatic N) is 3. The summed E-state index contributed by atoms with van der Waals surface area (Å²) in [6.07, 6.45) is 2.60. The fraction of sp³-hybridized carbons (Fsp3) is 0.474. The van der Waals surface area contributed by atoms with Crippen molar-refractivity contribution in [2.24, 2.45) is 5.92 Å². The van der Waals surface area contributed by atoms with E-state index in [0.29, 0.717) is 11.9 Å². The lowest BCUT2D eigenvalue weighted by molar-refractivity contribution is 0.684. The third-order valence-corrected chi connectivity index (χ3v) is 4.13. The molecule has 0 atom stereocenters. The van der Waals surface area contributed by atoms with Crippen LogP contribution in [-0.2, 0) is 0 Å². The van der Waals surface area contributed by atoms with Gasteiger partial charge in [-0.05, 0) is 49.9 Å². The van der Waals surface area contributed by atoms with Gasteiger partial charge in [0.05, 0.1) is 0 Å². The molecule has 1 aromatic carbocycles. The molecule has 2 aromatic rings. The van der Waals surface area contributed by atoms with Crippen LogP contribution in [0.15, 0.2) is 30.3 Å². The van der Waals surface area contributed by atoms with E-state index in [0.717, 1.165) is 23.7 Å². The fourth-order valence-electron chi connectivity index (χ4n) is 2.89. The summed E-state index contributed by atoms with van der Waals surface area (Å²) in [5, 5.41) is 6.67. The molecule has 0 aliphatic carbocycles. The van der Waals surface area contributed by atoms with E-state index in [2.05, 4.69) is 63.6 Å². The zero-order chi connectivity index (χ0) is 16.9. The van der Waals surface area contributed by atoms with E-state index >= 15 is 0 Å². The van der Waals surface area contributed by atoms with E-state index in [1.807, 2.05) is 13.0 Å². The second-order valence-corrected chi connectivity index (χ2v) is 6.86. The second kappa shape index (κ2) is 7.51. The van der Waals surface area contributed by atoms with Crippen molar-refractivity contribution in [3.8, 4) is 0 Å². The average Bonchev–Trinajstić information content (AvgIpc) is 3.08. The smallest absolute Gasteiger partial charge is 0.224 e. The third-order valence-electron chi connectivity index (χ3n) is 4.13. The lowest BCUT2D eigenvalue weighted by Crippen LogP contribution is -2.17. The molecule has 24 heavy (non-hydrogen) atoms. The first-order valence-corrected chi connectivity index (χ1v) is 8.82. The van der Waals surface area contributed by atoms with Crippen molar-refractivity contribution in [3.05, 3.63) is 36.0 Å². The van der Waals surface area contributed by atoms with Crippen molar-refractivity contribution < 1.29 is 0 Å². The summed E-state index contributed by atoms with van der Waals surface area (Å²) in [6, 6.07) is 10.6. The van der Waals surface area contributed by atoms with Crippen molar-refractivity contribution in [1.29, 1.82) is 0 Å². The van der Waals surface area contributed by atoms with Gasteiger partial charge in [0.2, 0.25) is 5.95 Å². The molecule has 3 rings (SSSR count). The normalized spacial score (nSPS) is 14.2. The van der Waals surface area contributed by atoms with E-state index in [1.54, 1.807) is 0 Å².